The van der Waals surface area contributed by atoms with E-state index in [0.29, 0.717) is 23.9 Å². The smallest absolute Gasteiger partial charge is 0.231 e. The van der Waals surface area contributed by atoms with Crippen molar-refractivity contribution in [1.29, 1.82) is 0 Å². The average Bonchev–Trinajstić information content (AvgIpc) is 3.37. The number of sulfone groups is 1. The summed E-state index contributed by atoms with van der Waals surface area (Å²) in [4.78, 5) is 6.77. The second-order valence-corrected chi connectivity index (χ2v) is 10.3. The van der Waals surface area contributed by atoms with Crippen LogP contribution in [0.25, 0.3) is 0 Å². The summed E-state index contributed by atoms with van der Waals surface area (Å²) in [6, 6.07) is 14.9. The Kier molecular flexibility index (Phi) is 4.79. The molecule has 0 aliphatic carbocycles. The van der Waals surface area contributed by atoms with E-state index in [1.165, 1.54) is 0 Å². The molecule has 0 radical (unpaired) electrons. The minimum absolute atomic E-state index is 0.100. The number of ether oxygens (including phenoxy) is 3. The summed E-state index contributed by atoms with van der Waals surface area (Å²) in [5.41, 5.74) is 0.870. The lowest BCUT2D eigenvalue weighted by Crippen LogP contribution is -2.39. The maximum Gasteiger partial charge on any atom is 0.231 e. The van der Waals surface area contributed by atoms with E-state index in [0.717, 1.165) is 16.6 Å². The molecule has 3 aliphatic heterocycles. The van der Waals surface area contributed by atoms with Crippen LogP contribution in [-0.2, 0) is 9.84 Å². The predicted molar refractivity (Wildman–Crippen MR) is 113 cm³/mol. The number of hydrogen-bond acceptors (Lipinski definition) is 8. The highest BCUT2D eigenvalue weighted by Crippen LogP contribution is 2.40. The number of anilines is 1. The Morgan fingerprint density at radius 2 is 1.93 bits per heavy atom. The van der Waals surface area contributed by atoms with Gasteiger partial charge in [-0.2, -0.15) is 0 Å². The second kappa shape index (κ2) is 7.46. The van der Waals surface area contributed by atoms with Gasteiger partial charge in [-0.15, -0.1) is 0 Å². The molecule has 0 amide bonds. The van der Waals surface area contributed by atoms with Crippen LogP contribution in [0.2, 0.25) is 0 Å². The summed E-state index contributed by atoms with van der Waals surface area (Å²) in [6.45, 7) is 0.738. The summed E-state index contributed by atoms with van der Waals surface area (Å²) in [5.74, 6) is 3.12. The fourth-order valence-corrected chi connectivity index (χ4v) is 6.56. The third-order valence-electron chi connectivity index (χ3n) is 5.07. The van der Waals surface area contributed by atoms with Crippen LogP contribution >= 0.6 is 11.8 Å². The number of hydrogen-bond donors (Lipinski definition) is 0. The lowest BCUT2D eigenvalue weighted by Gasteiger charge is -2.26. The van der Waals surface area contributed by atoms with Gasteiger partial charge >= 0.3 is 0 Å². The molecule has 29 heavy (non-hydrogen) atoms. The van der Waals surface area contributed by atoms with E-state index in [2.05, 4.69) is 0 Å². The van der Waals surface area contributed by atoms with Crippen molar-refractivity contribution in [2.45, 2.75) is 12.1 Å². The molecule has 152 valence electrons. The molecule has 1 saturated heterocycles. The summed E-state index contributed by atoms with van der Waals surface area (Å²) < 4.78 is 41.0. The molecule has 1 fully saturated rings. The zero-order valence-electron chi connectivity index (χ0n) is 15.6. The van der Waals surface area contributed by atoms with Crippen molar-refractivity contribution in [3.8, 4) is 17.2 Å². The van der Waals surface area contributed by atoms with Crippen LogP contribution < -0.4 is 19.1 Å². The number of aliphatic imine (C=N–C) groups is 1. The molecular weight excluding hydrogens is 412 g/mol. The van der Waals surface area contributed by atoms with Crippen LogP contribution in [0.4, 0.5) is 5.69 Å². The Morgan fingerprint density at radius 1 is 1.10 bits per heavy atom. The van der Waals surface area contributed by atoms with E-state index in [1.807, 2.05) is 53.4 Å². The molecule has 2 atom stereocenters. The number of thioether (sulfide) groups is 1. The Labute approximate surface area is 173 Å². The normalized spacial score (nSPS) is 23.7. The first-order valence-corrected chi connectivity index (χ1v) is 12.2. The summed E-state index contributed by atoms with van der Waals surface area (Å²) in [5, 5.41) is 0.824. The lowest BCUT2D eigenvalue weighted by molar-refractivity contribution is 0.174. The Morgan fingerprint density at radius 3 is 2.79 bits per heavy atom. The van der Waals surface area contributed by atoms with Gasteiger partial charge in [-0.3, -0.25) is 4.99 Å². The first-order valence-electron chi connectivity index (χ1n) is 9.37. The Bertz CT molecular complexity index is 1040. The van der Waals surface area contributed by atoms with Crippen LogP contribution in [0.5, 0.6) is 17.2 Å². The molecule has 2 aromatic rings. The number of amidine groups is 1. The minimum Gasteiger partial charge on any atom is -0.493 e. The number of para-hydroxylation sites is 1. The standard InChI is InChI=1S/C20H20N2O5S2/c23-29(24)11-16-17(12-29)22(14-6-7-18-19(10-14)27-13-26-18)20(21-16)28-9-8-25-15-4-2-1-3-5-15/h1-7,10,16-17H,8-9,11-13H2/t16-,17+/m0/s1. The van der Waals surface area contributed by atoms with Crippen LogP contribution in [0.15, 0.2) is 53.5 Å². The Balaban J connectivity index is 1.33. The molecule has 0 N–H and O–H groups in total. The van der Waals surface area contributed by atoms with Gasteiger partial charge in [0, 0.05) is 17.5 Å². The van der Waals surface area contributed by atoms with Gasteiger partial charge in [0.1, 0.15) is 5.75 Å². The van der Waals surface area contributed by atoms with Crippen molar-refractivity contribution in [3.63, 3.8) is 0 Å². The van der Waals surface area contributed by atoms with Crippen molar-refractivity contribution >= 4 is 32.5 Å². The average molecular weight is 433 g/mol. The molecular formula is C20H20N2O5S2. The number of nitrogens with zero attached hydrogens (tertiary/aromatic N) is 2. The molecule has 7 nitrogen and oxygen atoms in total. The van der Waals surface area contributed by atoms with Crippen molar-refractivity contribution in [1.82, 2.24) is 0 Å². The first-order chi connectivity index (χ1) is 14.1. The molecule has 2 aromatic carbocycles. The van der Waals surface area contributed by atoms with E-state index >= 15 is 0 Å². The quantitative estimate of drug-likeness (QED) is 0.672. The monoisotopic (exact) mass is 432 g/mol. The van der Waals surface area contributed by atoms with Crippen LogP contribution in [0, 0.1) is 0 Å². The molecule has 9 heteroatoms. The largest absolute Gasteiger partial charge is 0.493 e. The van der Waals surface area contributed by atoms with Gasteiger partial charge in [-0.05, 0) is 24.3 Å². The van der Waals surface area contributed by atoms with Crippen molar-refractivity contribution in [2.75, 3.05) is 35.6 Å². The van der Waals surface area contributed by atoms with Crippen molar-refractivity contribution < 1.29 is 22.6 Å². The molecule has 0 unspecified atom stereocenters. The number of fused-ring (bicyclic) bond motifs is 2. The van der Waals surface area contributed by atoms with Gasteiger partial charge < -0.3 is 19.1 Å². The van der Waals surface area contributed by atoms with Crippen LogP contribution in [-0.4, -0.2) is 56.3 Å². The number of rotatable bonds is 5. The highest BCUT2D eigenvalue weighted by atomic mass is 32.2. The SMILES string of the molecule is O=S1(=O)C[C@@H]2N=C(SCCOc3ccccc3)N(c3ccc4c(c3)OCO4)[C@@H]2C1. The first kappa shape index (κ1) is 18.6. The summed E-state index contributed by atoms with van der Waals surface area (Å²) in [7, 11) is -3.08. The Hall–Kier alpha value is -2.39. The molecule has 0 spiro atoms. The van der Waals surface area contributed by atoms with E-state index in [1.54, 1.807) is 11.8 Å². The highest BCUT2D eigenvalue weighted by molar-refractivity contribution is 8.14. The van der Waals surface area contributed by atoms with E-state index < -0.39 is 9.84 Å². The van der Waals surface area contributed by atoms with E-state index in [9.17, 15) is 8.42 Å². The topological polar surface area (TPSA) is 77.4 Å². The van der Waals surface area contributed by atoms with Gasteiger partial charge in [0.25, 0.3) is 0 Å². The van der Waals surface area contributed by atoms with Gasteiger partial charge in [0.15, 0.2) is 26.5 Å². The fourth-order valence-electron chi connectivity index (χ4n) is 3.78. The maximum absolute atomic E-state index is 12.2. The van der Waals surface area contributed by atoms with Gasteiger partial charge in [0.2, 0.25) is 6.79 Å². The van der Waals surface area contributed by atoms with Crippen molar-refractivity contribution in [2.24, 2.45) is 4.99 Å². The van der Waals surface area contributed by atoms with Crippen LogP contribution in [0.3, 0.4) is 0 Å². The van der Waals surface area contributed by atoms with Gasteiger partial charge in [0.05, 0.1) is 30.2 Å². The minimum atomic E-state index is -3.08. The van der Waals surface area contributed by atoms with Crippen LogP contribution in [0.1, 0.15) is 0 Å². The third kappa shape index (κ3) is 3.76. The zero-order valence-corrected chi connectivity index (χ0v) is 17.2. The molecule has 3 heterocycles. The zero-order chi connectivity index (χ0) is 19.8. The summed E-state index contributed by atoms with van der Waals surface area (Å²) >= 11 is 1.58. The molecule has 0 aromatic heterocycles. The fraction of sp³-hybridized carbons (Fsp3) is 0.350. The van der Waals surface area contributed by atoms with Gasteiger partial charge in [-0.25, -0.2) is 8.42 Å². The maximum atomic E-state index is 12.2. The molecule has 0 bridgehead atoms. The predicted octanol–water partition coefficient (Wildman–Crippen LogP) is 2.57. The lowest BCUT2D eigenvalue weighted by atomic mass is 10.1. The highest BCUT2D eigenvalue weighted by Gasteiger charge is 2.47. The molecule has 5 rings (SSSR count). The second-order valence-electron chi connectivity index (χ2n) is 7.04. The molecule has 0 saturated carbocycles. The third-order valence-corrected chi connectivity index (χ3v) is 7.70. The molecule has 3 aliphatic rings. The van der Waals surface area contributed by atoms with Gasteiger partial charge in [-0.1, -0.05) is 30.0 Å². The van der Waals surface area contributed by atoms with E-state index in [4.69, 9.17) is 19.2 Å². The number of benzene rings is 2. The summed E-state index contributed by atoms with van der Waals surface area (Å²) in [6.07, 6.45) is 0. The van der Waals surface area contributed by atoms with Crippen molar-refractivity contribution in [3.05, 3.63) is 48.5 Å². The van der Waals surface area contributed by atoms with E-state index in [-0.39, 0.29) is 30.4 Å².